The summed E-state index contributed by atoms with van der Waals surface area (Å²) in [4.78, 5) is 20.6. The standard InChI is InChI=1S/C22H24N4O3/c1-3-29-22(27)18-6-4-5-7-19(18)26-21-14-20(24-15-25-21)23-13-12-16-8-10-17(28-2)11-9-16/h4-11,14-15H,3,12-13H2,1-2H3,(H2,23,24,25,26). The normalized spacial score (nSPS) is 10.3. The van der Waals surface area contributed by atoms with Crippen LogP contribution in [0.5, 0.6) is 5.75 Å². The van der Waals surface area contributed by atoms with Gasteiger partial charge in [-0.05, 0) is 43.2 Å². The first-order chi connectivity index (χ1) is 14.2. The molecular formula is C22H24N4O3. The number of nitrogens with zero attached hydrogens (tertiary/aromatic N) is 2. The summed E-state index contributed by atoms with van der Waals surface area (Å²) in [5, 5.41) is 6.46. The average Bonchev–Trinajstić information content (AvgIpc) is 2.75. The zero-order valence-electron chi connectivity index (χ0n) is 16.5. The molecule has 3 aromatic rings. The van der Waals surface area contributed by atoms with Crippen LogP contribution in [0.3, 0.4) is 0 Å². The molecule has 0 saturated heterocycles. The van der Waals surface area contributed by atoms with Gasteiger partial charge in [0.15, 0.2) is 0 Å². The highest BCUT2D eigenvalue weighted by Crippen LogP contribution is 2.21. The van der Waals surface area contributed by atoms with Gasteiger partial charge in [-0.15, -0.1) is 0 Å². The molecule has 150 valence electrons. The molecule has 1 heterocycles. The Morgan fingerprint density at radius 1 is 1.03 bits per heavy atom. The van der Waals surface area contributed by atoms with Gasteiger partial charge >= 0.3 is 5.97 Å². The predicted molar refractivity (Wildman–Crippen MR) is 113 cm³/mol. The number of hydrogen-bond donors (Lipinski definition) is 2. The summed E-state index contributed by atoms with van der Waals surface area (Å²) in [5.41, 5.74) is 2.30. The summed E-state index contributed by atoms with van der Waals surface area (Å²) < 4.78 is 10.3. The van der Waals surface area contributed by atoms with Crippen molar-refractivity contribution in [2.24, 2.45) is 0 Å². The van der Waals surface area contributed by atoms with E-state index in [4.69, 9.17) is 9.47 Å². The Labute approximate surface area is 170 Å². The summed E-state index contributed by atoms with van der Waals surface area (Å²) in [7, 11) is 1.66. The molecule has 3 rings (SSSR count). The summed E-state index contributed by atoms with van der Waals surface area (Å²) in [6, 6.07) is 17.0. The topological polar surface area (TPSA) is 85.4 Å². The van der Waals surface area contributed by atoms with Crippen LogP contribution in [0.4, 0.5) is 17.3 Å². The van der Waals surface area contributed by atoms with E-state index in [0.29, 0.717) is 29.5 Å². The highest BCUT2D eigenvalue weighted by Gasteiger charge is 2.12. The second-order valence-corrected chi connectivity index (χ2v) is 6.20. The van der Waals surface area contributed by atoms with Crippen molar-refractivity contribution in [2.75, 3.05) is 30.9 Å². The third-order valence-corrected chi connectivity index (χ3v) is 4.23. The van der Waals surface area contributed by atoms with Crippen molar-refractivity contribution in [2.45, 2.75) is 13.3 Å². The van der Waals surface area contributed by atoms with E-state index >= 15 is 0 Å². The molecule has 0 radical (unpaired) electrons. The number of methoxy groups -OCH3 is 1. The smallest absolute Gasteiger partial charge is 0.340 e. The van der Waals surface area contributed by atoms with Crippen molar-refractivity contribution < 1.29 is 14.3 Å². The summed E-state index contributed by atoms with van der Waals surface area (Å²) in [5.74, 6) is 1.76. The predicted octanol–water partition coefficient (Wildman–Crippen LogP) is 4.06. The van der Waals surface area contributed by atoms with Gasteiger partial charge in [0.2, 0.25) is 0 Å². The molecule has 0 spiro atoms. The van der Waals surface area contributed by atoms with Crippen molar-refractivity contribution in [3.8, 4) is 5.75 Å². The minimum atomic E-state index is -0.373. The molecule has 0 bridgehead atoms. The molecule has 0 unspecified atom stereocenters. The Hall–Kier alpha value is -3.61. The van der Waals surface area contributed by atoms with Gasteiger partial charge in [-0.25, -0.2) is 14.8 Å². The van der Waals surface area contributed by atoms with Crippen LogP contribution in [-0.2, 0) is 11.2 Å². The van der Waals surface area contributed by atoms with Crippen molar-refractivity contribution in [1.82, 2.24) is 9.97 Å². The number of ether oxygens (including phenoxy) is 2. The van der Waals surface area contributed by atoms with Crippen LogP contribution in [0.1, 0.15) is 22.8 Å². The summed E-state index contributed by atoms with van der Waals surface area (Å²) >= 11 is 0. The van der Waals surface area contributed by atoms with Crippen molar-refractivity contribution in [1.29, 1.82) is 0 Å². The van der Waals surface area contributed by atoms with Crippen LogP contribution in [0.25, 0.3) is 0 Å². The van der Waals surface area contributed by atoms with Gasteiger partial charge in [-0.1, -0.05) is 24.3 Å². The number of hydrogen-bond acceptors (Lipinski definition) is 7. The van der Waals surface area contributed by atoms with Gasteiger partial charge in [0.05, 0.1) is 25.0 Å². The zero-order chi connectivity index (χ0) is 20.5. The molecule has 0 aliphatic rings. The molecule has 0 amide bonds. The summed E-state index contributed by atoms with van der Waals surface area (Å²) in [6.07, 6.45) is 2.33. The van der Waals surface area contributed by atoms with Crippen molar-refractivity contribution in [3.63, 3.8) is 0 Å². The fraction of sp³-hybridized carbons (Fsp3) is 0.227. The van der Waals surface area contributed by atoms with Crippen LogP contribution in [0.2, 0.25) is 0 Å². The largest absolute Gasteiger partial charge is 0.497 e. The lowest BCUT2D eigenvalue weighted by Gasteiger charge is -2.12. The van der Waals surface area contributed by atoms with E-state index in [1.807, 2.05) is 36.4 Å². The Kier molecular flexibility index (Phi) is 7.00. The molecule has 0 aliphatic heterocycles. The van der Waals surface area contributed by atoms with E-state index in [-0.39, 0.29) is 5.97 Å². The number of carbonyl (C=O) groups is 1. The first-order valence-electron chi connectivity index (χ1n) is 9.41. The average molecular weight is 392 g/mol. The molecule has 1 aromatic heterocycles. The van der Waals surface area contributed by atoms with Gasteiger partial charge in [-0.3, -0.25) is 0 Å². The molecule has 0 atom stereocenters. The van der Waals surface area contributed by atoms with E-state index in [1.165, 1.54) is 11.9 Å². The Morgan fingerprint density at radius 3 is 2.55 bits per heavy atom. The molecule has 2 aromatic carbocycles. The van der Waals surface area contributed by atoms with Gasteiger partial charge in [0.25, 0.3) is 0 Å². The van der Waals surface area contributed by atoms with E-state index < -0.39 is 0 Å². The van der Waals surface area contributed by atoms with Crippen LogP contribution in [0, 0.1) is 0 Å². The molecule has 29 heavy (non-hydrogen) atoms. The van der Waals surface area contributed by atoms with Crippen LogP contribution < -0.4 is 15.4 Å². The molecule has 0 saturated carbocycles. The number of para-hydroxylation sites is 1. The van der Waals surface area contributed by atoms with E-state index in [0.717, 1.165) is 18.7 Å². The Bertz CT molecular complexity index is 945. The quantitative estimate of drug-likeness (QED) is 0.531. The van der Waals surface area contributed by atoms with Gasteiger partial charge in [0, 0.05) is 12.6 Å². The molecular weight excluding hydrogens is 368 g/mol. The fourth-order valence-electron chi connectivity index (χ4n) is 2.77. The number of rotatable bonds is 9. The highest BCUT2D eigenvalue weighted by molar-refractivity contribution is 5.96. The number of aromatic nitrogens is 2. The maximum Gasteiger partial charge on any atom is 0.340 e. The fourth-order valence-corrected chi connectivity index (χ4v) is 2.77. The SMILES string of the molecule is CCOC(=O)c1ccccc1Nc1cc(NCCc2ccc(OC)cc2)ncn1. The van der Waals surface area contributed by atoms with Crippen LogP contribution in [-0.4, -0.2) is 36.2 Å². The van der Waals surface area contributed by atoms with E-state index in [1.54, 1.807) is 32.2 Å². The monoisotopic (exact) mass is 392 g/mol. The third-order valence-electron chi connectivity index (χ3n) is 4.23. The maximum atomic E-state index is 12.1. The summed E-state index contributed by atoms with van der Waals surface area (Å²) in [6.45, 7) is 2.83. The first-order valence-corrected chi connectivity index (χ1v) is 9.41. The number of esters is 1. The highest BCUT2D eigenvalue weighted by atomic mass is 16.5. The van der Waals surface area contributed by atoms with Gasteiger partial charge < -0.3 is 20.1 Å². The van der Waals surface area contributed by atoms with Crippen LogP contribution >= 0.6 is 0 Å². The van der Waals surface area contributed by atoms with Gasteiger partial charge in [-0.2, -0.15) is 0 Å². The van der Waals surface area contributed by atoms with E-state index in [9.17, 15) is 4.79 Å². The Morgan fingerprint density at radius 2 is 1.79 bits per heavy atom. The maximum absolute atomic E-state index is 12.1. The molecule has 7 nitrogen and oxygen atoms in total. The number of carbonyl (C=O) groups excluding carboxylic acids is 1. The zero-order valence-corrected chi connectivity index (χ0v) is 16.5. The number of benzene rings is 2. The molecule has 0 aliphatic carbocycles. The van der Waals surface area contributed by atoms with Crippen LogP contribution in [0.15, 0.2) is 60.9 Å². The first kappa shape index (κ1) is 20.1. The molecule has 2 N–H and O–H groups in total. The lowest BCUT2D eigenvalue weighted by molar-refractivity contribution is 0.0527. The molecule has 7 heteroatoms. The van der Waals surface area contributed by atoms with Gasteiger partial charge in [0.1, 0.15) is 23.7 Å². The van der Waals surface area contributed by atoms with E-state index in [2.05, 4.69) is 20.6 Å². The van der Waals surface area contributed by atoms with Crippen molar-refractivity contribution in [3.05, 3.63) is 72.1 Å². The number of nitrogens with one attached hydrogen (secondary N) is 2. The molecule has 0 fully saturated rings. The minimum absolute atomic E-state index is 0.322. The van der Waals surface area contributed by atoms with Crippen molar-refractivity contribution >= 4 is 23.3 Å². The lowest BCUT2D eigenvalue weighted by atomic mass is 10.1. The minimum Gasteiger partial charge on any atom is -0.497 e. The second kappa shape index (κ2) is 10.1. The third kappa shape index (κ3) is 5.68. The lowest BCUT2D eigenvalue weighted by Crippen LogP contribution is -2.09. The second-order valence-electron chi connectivity index (χ2n) is 6.20. The Balaban J connectivity index is 1.62. The number of anilines is 3.